The number of hydrogen-bond acceptors (Lipinski definition) is 2. The summed E-state index contributed by atoms with van der Waals surface area (Å²) in [5, 5.41) is 0. The number of anilines is 1. The Morgan fingerprint density at radius 2 is 2.06 bits per heavy atom. The molecular weight excluding hydrogens is 200 g/mol. The van der Waals surface area contributed by atoms with Gasteiger partial charge < -0.3 is 10.3 Å². The number of aromatic nitrogens is 1. The third-order valence-electron chi connectivity index (χ3n) is 2.49. The molecule has 0 bridgehead atoms. The van der Waals surface area contributed by atoms with E-state index >= 15 is 0 Å². The van der Waals surface area contributed by atoms with Gasteiger partial charge in [-0.15, -0.1) is 0 Å². The second-order valence-electron chi connectivity index (χ2n) is 3.89. The molecule has 0 aliphatic heterocycles. The van der Waals surface area contributed by atoms with Crippen LogP contribution >= 0.6 is 0 Å². The van der Waals surface area contributed by atoms with Gasteiger partial charge in [0.05, 0.1) is 12.2 Å². The quantitative estimate of drug-likeness (QED) is 0.828. The highest BCUT2D eigenvalue weighted by Gasteiger charge is 2.00. The van der Waals surface area contributed by atoms with Crippen molar-refractivity contribution in [3.63, 3.8) is 0 Å². The molecule has 2 N–H and O–H groups in total. The average Bonchev–Trinajstić information content (AvgIpc) is 2.25. The van der Waals surface area contributed by atoms with Crippen molar-refractivity contribution in [1.29, 1.82) is 0 Å². The Balaban J connectivity index is 2.34. The zero-order valence-corrected chi connectivity index (χ0v) is 9.18. The minimum absolute atomic E-state index is 0.135. The van der Waals surface area contributed by atoms with Crippen molar-refractivity contribution >= 4 is 5.69 Å². The molecule has 2 rings (SSSR count). The van der Waals surface area contributed by atoms with Crippen molar-refractivity contribution in [2.75, 3.05) is 5.73 Å². The van der Waals surface area contributed by atoms with Crippen LogP contribution in [0.15, 0.2) is 47.4 Å². The topological polar surface area (TPSA) is 48.0 Å². The molecule has 1 aromatic carbocycles. The maximum atomic E-state index is 11.7. The average molecular weight is 214 g/mol. The summed E-state index contributed by atoms with van der Waals surface area (Å²) in [5.41, 5.74) is 8.02. The van der Waals surface area contributed by atoms with Gasteiger partial charge in [0.1, 0.15) is 0 Å². The van der Waals surface area contributed by atoms with Crippen LogP contribution in [0.1, 0.15) is 11.1 Å². The predicted molar refractivity (Wildman–Crippen MR) is 65.4 cm³/mol. The number of rotatable bonds is 2. The fourth-order valence-corrected chi connectivity index (χ4v) is 1.69. The van der Waals surface area contributed by atoms with Crippen LogP contribution in [0.25, 0.3) is 0 Å². The molecule has 0 radical (unpaired) electrons. The first-order chi connectivity index (χ1) is 7.66. The van der Waals surface area contributed by atoms with E-state index in [2.05, 4.69) is 6.07 Å². The Morgan fingerprint density at radius 1 is 1.25 bits per heavy atom. The van der Waals surface area contributed by atoms with Gasteiger partial charge in [-0.1, -0.05) is 29.8 Å². The summed E-state index contributed by atoms with van der Waals surface area (Å²) in [5.74, 6) is 0. The van der Waals surface area contributed by atoms with Crippen molar-refractivity contribution in [2.24, 2.45) is 0 Å². The Morgan fingerprint density at radius 3 is 2.81 bits per heavy atom. The minimum Gasteiger partial charge on any atom is -0.394 e. The van der Waals surface area contributed by atoms with E-state index in [0.29, 0.717) is 6.54 Å². The highest BCUT2D eigenvalue weighted by molar-refractivity contribution is 5.34. The molecule has 0 amide bonds. The number of pyridine rings is 1. The number of nitrogen functional groups attached to an aromatic ring is 1. The predicted octanol–water partition coefficient (Wildman–Crippen LogP) is 1.79. The van der Waals surface area contributed by atoms with Gasteiger partial charge in [-0.05, 0) is 24.6 Å². The second kappa shape index (κ2) is 4.23. The smallest absolute Gasteiger partial charge is 0.273 e. The van der Waals surface area contributed by atoms with E-state index in [9.17, 15) is 4.79 Å². The first-order valence-corrected chi connectivity index (χ1v) is 5.17. The molecule has 0 spiro atoms. The molecule has 0 aliphatic rings. The van der Waals surface area contributed by atoms with E-state index in [1.54, 1.807) is 22.9 Å². The summed E-state index contributed by atoms with van der Waals surface area (Å²) in [4.78, 5) is 11.7. The van der Waals surface area contributed by atoms with Crippen LogP contribution in [0, 0.1) is 6.92 Å². The monoisotopic (exact) mass is 214 g/mol. The van der Waals surface area contributed by atoms with Crippen molar-refractivity contribution in [3.05, 3.63) is 64.1 Å². The van der Waals surface area contributed by atoms with Crippen LogP contribution < -0.4 is 11.3 Å². The Hall–Kier alpha value is -2.03. The largest absolute Gasteiger partial charge is 0.394 e. The van der Waals surface area contributed by atoms with E-state index in [1.807, 2.05) is 25.1 Å². The van der Waals surface area contributed by atoms with Crippen LogP contribution in [0.5, 0.6) is 0 Å². The molecule has 0 saturated heterocycles. The highest BCUT2D eigenvalue weighted by atomic mass is 16.1. The Kier molecular flexibility index (Phi) is 2.77. The Labute approximate surface area is 94.1 Å². The SMILES string of the molecule is Cc1cccc(Cn2cccc(N)c2=O)c1. The standard InChI is InChI=1S/C13H14N2O/c1-10-4-2-5-11(8-10)9-15-7-3-6-12(14)13(15)16/h2-8H,9,14H2,1H3. The fourth-order valence-electron chi connectivity index (χ4n) is 1.69. The molecule has 1 aromatic heterocycles. The van der Waals surface area contributed by atoms with Crippen molar-refractivity contribution < 1.29 is 0 Å². The van der Waals surface area contributed by atoms with Gasteiger partial charge in [0.15, 0.2) is 0 Å². The van der Waals surface area contributed by atoms with Crippen LogP contribution in [-0.4, -0.2) is 4.57 Å². The summed E-state index contributed by atoms with van der Waals surface area (Å²) in [6, 6.07) is 11.5. The van der Waals surface area contributed by atoms with Gasteiger partial charge in [0.2, 0.25) is 0 Å². The van der Waals surface area contributed by atoms with E-state index in [1.165, 1.54) is 5.56 Å². The van der Waals surface area contributed by atoms with Crippen molar-refractivity contribution in [3.8, 4) is 0 Å². The third kappa shape index (κ3) is 2.14. The lowest BCUT2D eigenvalue weighted by Gasteiger charge is -2.06. The van der Waals surface area contributed by atoms with Gasteiger partial charge in [0, 0.05) is 6.20 Å². The zero-order chi connectivity index (χ0) is 11.5. The molecule has 3 heteroatoms. The second-order valence-corrected chi connectivity index (χ2v) is 3.89. The third-order valence-corrected chi connectivity index (χ3v) is 2.49. The van der Waals surface area contributed by atoms with Gasteiger partial charge in [-0.3, -0.25) is 4.79 Å². The number of nitrogens with two attached hydrogens (primary N) is 1. The number of benzene rings is 1. The summed E-state index contributed by atoms with van der Waals surface area (Å²) < 4.78 is 1.62. The molecule has 2 aromatic rings. The summed E-state index contributed by atoms with van der Waals surface area (Å²) in [6.45, 7) is 2.59. The lowest BCUT2D eigenvalue weighted by atomic mass is 10.1. The summed E-state index contributed by atoms with van der Waals surface area (Å²) >= 11 is 0. The van der Waals surface area contributed by atoms with Crippen LogP contribution in [0.3, 0.4) is 0 Å². The van der Waals surface area contributed by atoms with Crippen LogP contribution in [0.2, 0.25) is 0 Å². The normalized spacial score (nSPS) is 10.3. The van der Waals surface area contributed by atoms with Gasteiger partial charge in [-0.2, -0.15) is 0 Å². The van der Waals surface area contributed by atoms with E-state index in [4.69, 9.17) is 5.73 Å². The molecule has 0 aliphatic carbocycles. The fraction of sp³-hybridized carbons (Fsp3) is 0.154. The first kappa shape index (κ1) is 10.5. The van der Waals surface area contributed by atoms with E-state index in [-0.39, 0.29) is 11.2 Å². The van der Waals surface area contributed by atoms with Crippen molar-refractivity contribution in [2.45, 2.75) is 13.5 Å². The molecule has 1 heterocycles. The minimum atomic E-state index is -0.135. The maximum absolute atomic E-state index is 11.7. The van der Waals surface area contributed by atoms with Gasteiger partial charge >= 0.3 is 0 Å². The molecule has 16 heavy (non-hydrogen) atoms. The molecule has 0 saturated carbocycles. The molecule has 0 unspecified atom stereocenters. The number of nitrogens with zero attached hydrogens (tertiary/aromatic N) is 1. The maximum Gasteiger partial charge on any atom is 0.273 e. The first-order valence-electron chi connectivity index (χ1n) is 5.17. The molecule has 3 nitrogen and oxygen atoms in total. The Bertz CT molecular complexity index is 558. The van der Waals surface area contributed by atoms with E-state index in [0.717, 1.165) is 5.56 Å². The summed E-state index contributed by atoms with van der Waals surface area (Å²) in [6.07, 6.45) is 1.75. The highest BCUT2D eigenvalue weighted by Crippen LogP contribution is 2.05. The number of hydrogen-bond donors (Lipinski definition) is 1. The van der Waals surface area contributed by atoms with Gasteiger partial charge in [0.25, 0.3) is 5.56 Å². The molecular formula is C13H14N2O. The van der Waals surface area contributed by atoms with Crippen LogP contribution in [-0.2, 0) is 6.54 Å². The van der Waals surface area contributed by atoms with Crippen LogP contribution in [0.4, 0.5) is 5.69 Å². The lowest BCUT2D eigenvalue weighted by molar-refractivity contribution is 0.761. The zero-order valence-electron chi connectivity index (χ0n) is 9.18. The van der Waals surface area contributed by atoms with Crippen molar-refractivity contribution in [1.82, 2.24) is 4.57 Å². The summed E-state index contributed by atoms with van der Waals surface area (Å²) in [7, 11) is 0. The number of aryl methyl sites for hydroxylation is 1. The molecule has 0 fully saturated rings. The molecule has 0 atom stereocenters. The lowest BCUT2D eigenvalue weighted by Crippen LogP contribution is -2.22. The van der Waals surface area contributed by atoms with Gasteiger partial charge in [-0.25, -0.2) is 0 Å². The molecule has 82 valence electrons. The van der Waals surface area contributed by atoms with E-state index < -0.39 is 0 Å².